The van der Waals surface area contributed by atoms with Crippen LogP contribution in [-0.2, 0) is 0 Å². The number of halogens is 2. The van der Waals surface area contributed by atoms with Gasteiger partial charge in [0, 0.05) is 27.1 Å². The molecule has 0 atom stereocenters. The quantitative estimate of drug-likeness (QED) is 0.198. The fourth-order valence-corrected chi connectivity index (χ4v) is 6.99. The third-order valence-corrected chi connectivity index (χ3v) is 9.11. The molecular weight excluding hydrogens is 572 g/mol. The second kappa shape index (κ2) is 10.2. The van der Waals surface area contributed by atoms with E-state index in [9.17, 15) is 5.26 Å². The highest BCUT2D eigenvalue weighted by Gasteiger charge is 2.24. The predicted molar refractivity (Wildman–Crippen MR) is 184 cm³/mol. The smallest absolute Gasteiger partial charge is 0.134 e. The van der Waals surface area contributed by atoms with Crippen molar-refractivity contribution in [2.45, 2.75) is 27.7 Å². The summed E-state index contributed by atoms with van der Waals surface area (Å²) in [5, 5.41) is 14.8. The summed E-state index contributed by atoms with van der Waals surface area (Å²) in [5.41, 5.74) is 9.95. The minimum absolute atomic E-state index is 0.186. The van der Waals surface area contributed by atoms with Crippen molar-refractivity contribution in [3.8, 4) is 28.6 Å². The minimum atomic E-state index is -0.716. The number of nitrogens with zero attached hydrogens (tertiary/aromatic N) is 3. The highest BCUT2D eigenvalue weighted by molar-refractivity contribution is 6.12. The minimum Gasteiger partial charge on any atom is -0.307 e. The van der Waals surface area contributed by atoms with E-state index in [2.05, 4.69) is 116 Å². The van der Waals surface area contributed by atoms with Gasteiger partial charge < -0.3 is 9.13 Å². The number of benzene rings is 6. The maximum Gasteiger partial charge on any atom is 0.134 e. The molecule has 0 saturated heterocycles. The highest BCUT2D eigenvalue weighted by Crippen LogP contribution is 2.42. The molecule has 0 aliphatic heterocycles. The summed E-state index contributed by atoms with van der Waals surface area (Å²) in [5.74, 6) is -1.43. The molecule has 222 valence electrons. The maximum absolute atomic E-state index is 15.5. The monoisotopic (exact) mass is 601 g/mol. The molecule has 0 aliphatic rings. The lowest BCUT2D eigenvalue weighted by atomic mass is 9.97. The lowest BCUT2D eigenvalue weighted by Gasteiger charge is -2.20. The molecule has 0 saturated carbocycles. The van der Waals surface area contributed by atoms with Crippen molar-refractivity contribution < 1.29 is 8.78 Å². The van der Waals surface area contributed by atoms with Gasteiger partial charge >= 0.3 is 0 Å². The molecule has 2 aromatic heterocycles. The van der Waals surface area contributed by atoms with Crippen molar-refractivity contribution in [1.82, 2.24) is 9.13 Å². The maximum atomic E-state index is 15.5. The molecule has 46 heavy (non-hydrogen) atoms. The SMILES string of the molecule is Cc1ccc2c3ccc(C)cc3n(-c3cc(C#N)c(-c4c(F)cccc4F)cc3-n3c4cc(C)ccc4c4ccc(C)cc43)c2c1. The normalized spacial score (nSPS) is 11.7. The van der Waals surface area contributed by atoms with E-state index in [1.54, 1.807) is 12.1 Å². The second-order valence-corrected chi connectivity index (χ2v) is 12.3. The Hall–Kier alpha value is -5.73. The number of rotatable bonds is 3. The van der Waals surface area contributed by atoms with Crippen LogP contribution >= 0.6 is 0 Å². The van der Waals surface area contributed by atoms with Crippen LogP contribution < -0.4 is 0 Å². The van der Waals surface area contributed by atoms with E-state index >= 15 is 8.78 Å². The molecule has 0 fully saturated rings. The van der Waals surface area contributed by atoms with Gasteiger partial charge in [0.05, 0.1) is 50.6 Å². The molecular formula is C41H29F2N3. The average Bonchev–Trinajstić information content (AvgIpc) is 3.51. The lowest BCUT2D eigenvalue weighted by molar-refractivity contribution is 0.589. The van der Waals surface area contributed by atoms with Crippen molar-refractivity contribution >= 4 is 43.6 Å². The van der Waals surface area contributed by atoms with Gasteiger partial charge in [0.1, 0.15) is 11.6 Å². The molecule has 0 aliphatic carbocycles. The number of aryl methyl sites for hydroxylation is 4. The molecule has 2 heterocycles. The molecule has 6 aromatic carbocycles. The van der Waals surface area contributed by atoms with Crippen LogP contribution in [0, 0.1) is 50.7 Å². The topological polar surface area (TPSA) is 33.6 Å². The summed E-state index contributed by atoms with van der Waals surface area (Å²) in [6.07, 6.45) is 0. The van der Waals surface area contributed by atoms with E-state index in [1.165, 1.54) is 18.2 Å². The summed E-state index contributed by atoms with van der Waals surface area (Å²) < 4.78 is 35.3. The number of hydrogen-bond donors (Lipinski definition) is 0. The first-order chi connectivity index (χ1) is 22.2. The molecule has 0 unspecified atom stereocenters. The van der Waals surface area contributed by atoms with E-state index in [-0.39, 0.29) is 16.7 Å². The van der Waals surface area contributed by atoms with Gasteiger partial charge in [-0.1, -0.05) is 54.6 Å². The molecule has 0 bridgehead atoms. The third kappa shape index (κ3) is 4.07. The van der Waals surface area contributed by atoms with Crippen LogP contribution in [0.2, 0.25) is 0 Å². The van der Waals surface area contributed by atoms with Gasteiger partial charge in [0.25, 0.3) is 0 Å². The number of nitriles is 1. The van der Waals surface area contributed by atoms with Crippen molar-refractivity contribution in [3.63, 3.8) is 0 Å². The van der Waals surface area contributed by atoms with E-state index in [1.807, 2.05) is 0 Å². The predicted octanol–water partition coefficient (Wildman–Crippen LogP) is 10.9. The van der Waals surface area contributed by atoms with Gasteiger partial charge in [-0.25, -0.2) is 8.78 Å². The fraction of sp³-hybridized carbons (Fsp3) is 0.0976. The standard InChI is InChI=1S/C41H29F2N3/c1-23-8-12-28-29-13-9-24(2)17-36(29)45(35(28)16-23)39-20-27(22-44)32(41-33(42)6-5-7-34(41)43)21-40(39)46-37-18-25(3)10-14-30(37)31-15-11-26(4)19-38(31)46/h5-21H,1-4H3. The molecule has 0 spiro atoms. The van der Waals surface area contributed by atoms with E-state index in [0.29, 0.717) is 0 Å². The molecule has 8 rings (SSSR count). The zero-order valence-electron chi connectivity index (χ0n) is 25.9. The molecule has 8 aromatic rings. The molecule has 0 N–H and O–H groups in total. The molecule has 0 amide bonds. The summed E-state index contributed by atoms with van der Waals surface area (Å²) in [6.45, 7) is 8.25. The van der Waals surface area contributed by atoms with Crippen LogP contribution in [0.15, 0.2) is 103 Å². The Kier molecular flexibility index (Phi) is 6.13. The number of aromatic nitrogens is 2. The van der Waals surface area contributed by atoms with Gasteiger partial charge in [-0.15, -0.1) is 0 Å². The summed E-state index contributed by atoms with van der Waals surface area (Å²) in [6, 6.07) is 35.3. The molecule has 0 radical (unpaired) electrons. The zero-order valence-corrected chi connectivity index (χ0v) is 25.9. The molecule has 3 nitrogen and oxygen atoms in total. The van der Waals surface area contributed by atoms with Crippen LogP contribution in [0.4, 0.5) is 8.78 Å². The number of hydrogen-bond acceptors (Lipinski definition) is 1. The third-order valence-electron chi connectivity index (χ3n) is 9.11. The van der Waals surface area contributed by atoms with Gasteiger partial charge in [0.15, 0.2) is 0 Å². The Bertz CT molecular complexity index is 2470. The Morgan fingerprint density at radius 1 is 0.500 bits per heavy atom. The Labute approximate surface area is 265 Å². The Morgan fingerprint density at radius 2 is 0.870 bits per heavy atom. The zero-order chi connectivity index (χ0) is 31.9. The van der Waals surface area contributed by atoms with Crippen LogP contribution in [-0.4, -0.2) is 9.13 Å². The Balaban J connectivity index is 1.63. The first kappa shape index (κ1) is 27.8. The van der Waals surface area contributed by atoms with Crippen molar-refractivity contribution in [1.29, 1.82) is 5.26 Å². The van der Waals surface area contributed by atoms with Crippen molar-refractivity contribution in [2.24, 2.45) is 0 Å². The fourth-order valence-electron chi connectivity index (χ4n) is 6.99. The van der Waals surface area contributed by atoms with Gasteiger partial charge in [-0.3, -0.25) is 0 Å². The Morgan fingerprint density at radius 3 is 1.24 bits per heavy atom. The van der Waals surface area contributed by atoms with Crippen molar-refractivity contribution in [3.05, 3.63) is 143 Å². The summed E-state index contributed by atoms with van der Waals surface area (Å²) in [4.78, 5) is 0. The van der Waals surface area contributed by atoms with Crippen LogP contribution in [0.5, 0.6) is 0 Å². The van der Waals surface area contributed by atoms with Gasteiger partial charge in [-0.05, 0) is 98.5 Å². The highest BCUT2D eigenvalue weighted by atomic mass is 19.1. The van der Waals surface area contributed by atoms with Crippen LogP contribution in [0.3, 0.4) is 0 Å². The first-order valence-corrected chi connectivity index (χ1v) is 15.3. The van der Waals surface area contributed by atoms with E-state index < -0.39 is 11.6 Å². The molecule has 5 heteroatoms. The number of fused-ring (bicyclic) bond motifs is 6. The largest absolute Gasteiger partial charge is 0.307 e. The summed E-state index contributed by atoms with van der Waals surface area (Å²) in [7, 11) is 0. The van der Waals surface area contributed by atoms with Crippen LogP contribution in [0.1, 0.15) is 27.8 Å². The van der Waals surface area contributed by atoms with Gasteiger partial charge in [-0.2, -0.15) is 5.26 Å². The first-order valence-electron chi connectivity index (χ1n) is 15.3. The second-order valence-electron chi connectivity index (χ2n) is 12.3. The van der Waals surface area contributed by atoms with Crippen molar-refractivity contribution in [2.75, 3.05) is 0 Å². The average molecular weight is 602 g/mol. The van der Waals surface area contributed by atoms with E-state index in [0.717, 1.165) is 77.2 Å². The van der Waals surface area contributed by atoms with E-state index in [4.69, 9.17) is 0 Å². The summed E-state index contributed by atoms with van der Waals surface area (Å²) >= 11 is 0. The van der Waals surface area contributed by atoms with Crippen LogP contribution in [0.25, 0.3) is 66.1 Å². The van der Waals surface area contributed by atoms with Gasteiger partial charge in [0.2, 0.25) is 0 Å². The lowest BCUT2D eigenvalue weighted by Crippen LogP contribution is -2.06.